The van der Waals surface area contributed by atoms with E-state index >= 15 is 0 Å². The summed E-state index contributed by atoms with van der Waals surface area (Å²) in [5.41, 5.74) is 2.66. The van der Waals surface area contributed by atoms with Crippen LogP contribution in [0, 0.1) is 0 Å². The van der Waals surface area contributed by atoms with Crippen LogP contribution in [0.15, 0.2) is 24.3 Å². The van der Waals surface area contributed by atoms with Crippen LogP contribution in [0.3, 0.4) is 0 Å². The number of aromatic amines is 1. The lowest BCUT2D eigenvalue weighted by Crippen LogP contribution is -2.12. The van der Waals surface area contributed by atoms with E-state index in [0.717, 1.165) is 28.4 Å². The molecule has 0 spiro atoms. The molecule has 0 aliphatic heterocycles. The highest BCUT2D eigenvalue weighted by molar-refractivity contribution is 5.68. The number of nitrogens with zero attached hydrogens (tertiary/aromatic N) is 3. The Morgan fingerprint density at radius 3 is 2.50 bits per heavy atom. The van der Waals surface area contributed by atoms with Crippen molar-refractivity contribution in [3.63, 3.8) is 0 Å². The summed E-state index contributed by atoms with van der Waals surface area (Å²) in [5.74, 6) is 2.17. The van der Waals surface area contributed by atoms with Crippen LogP contribution < -0.4 is 9.47 Å². The van der Waals surface area contributed by atoms with E-state index in [2.05, 4.69) is 36.1 Å². The first-order valence-electron chi connectivity index (χ1n) is 7.11. The Kier molecular flexibility index (Phi) is 3.31. The van der Waals surface area contributed by atoms with Crippen LogP contribution in [0.25, 0.3) is 17.0 Å². The van der Waals surface area contributed by atoms with Crippen molar-refractivity contribution >= 4 is 5.65 Å². The number of aromatic nitrogens is 4. The summed E-state index contributed by atoms with van der Waals surface area (Å²) >= 11 is 0. The molecule has 3 rings (SSSR count). The van der Waals surface area contributed by atoms with Gasteiger partial charge in [0.1, 0.15) is 11.5 Å². The number of benzene rings is 1. The molecule has 0 bridgehead atoms. The van der Waals surface area contributed by atoms with Gasteiger partial charge < -0.3 is 9.47 Å². The van der Waals surface area contributed by atoms with Gasteiger partial charge in [-0.1, -0.05) is 20.8 Å². The highest BCUT2D eigenvalue weighted by Crippen LogP contribution is 2.33. The molecule has 1 aromatic carbocycles. The van der Waals surface area contributed by atoms with Crippen molar-refractivity contribution in [2.75, 3.05) is 14.2 Å². The third kappa shape index (κ3) is 2.30. The average Bonchev–Trinajstić information content (AvgIpc) is 3.06. The fraction of sp³-hybridized carbons (Fsp3) is 0.375. The molecule has 3 aromatic rings. The first-order chi connectivity index (χ1) is 10.4. The maximum Gasteiger partial charge on any atom is 0.186 e. The van der Waals surface area contributed by atoms with Crippen LogP contribution in [0.1, 0.15) is 26.5 Å². The Labute approximate surface area is 129 Å². The van der Waals surface area contributed by atoms with Crippen LogP contribution in [0.4, 0.5) is 0 Å². The van der Waals surface area contributed by atoms with Crippen LogP contribution in [0.5, 0.6) is 11.5 Å². The summed E-state index contributed by atoms with van der Waals surface area (Å²) < 4.78 is 12.5. The summed E-state index contributed by atoms with van der Waals surface area (Å²) in [7, 11) is 3.27. The van der Waals surface area contributed by atoms with Gasteiger partial charge in [0.05, 0.1) is 25.5 Å². The van der Waals surface area contributed by atoms with Crippen LogP contribution in [0.2, 0.25) is 0 Å². The fourth-order valence-corrected chi connectivity index (χ4v) is 2.31. The first-order valence-corrected chi connectivity index (χ1v) is 7.11. The molecule has 0 saturated heterocycles. The minimum atomic E-state index is -0.0252. The molecule has 0 aliphatic rings. The van der Waals surface area contributed by atoms with E-state index in [1.807, 2.05) is 24.3 Å². The van der Waals surface area contributed by atoms with E-state index < -0.39 is 0 Å². The van der Waals surface area contributed by atoms with Gasteiger partial charge in [-0.15, -0.1) is 0 Å². The zero-order chi connectivity index (χ0) is 15.9. The monoisotopic (exact) mass is 300 g/mol. The number of nitrogens with one attached hydrogen (secondary N) is 1. The summed E-state index contributed by atoms with van der Waals surface area (Å²) in [6.07, 6.45) is 0. The molecule has 0 aliphatic carbocycles. The van der Waals surface area contributed by atoms with Gasteiger partial charge in [-0.25, -0.2) is 0 Å². The quantitative estimate of drug-likeness (QED) is 0.807. The predicted octanol–water partition coefficient (Wildman–Crippen LogP) is 3.04. The zero-order valence-electron chi connectivity index (χ0n) is 13.5. The van der Waals surface area contributed by atoms with Crippen molar-refractivity contribution in [3.05, 3.63) is 30.0 Å². The maximum absolute atomic E-state index is 5.44. The maximum atomic E-state index is 5.44. The molecule has 22 heavy (non-hydrogen) atoms. The molecule has 6 nitrogen and oxygen atoms in total. The molecular formula is C16H20N4O2. The van der Waals surface area contributed by atoms with Crippen molar-refractivity contribution in [3.8, 4) is 22.9 Å². The van der Waals surface area contributed by atoms with Crippen molar-refractivity contribution in [1.82, 2.24) is 19.8 Å². The van der Waals surface area contributed by atoms with Gasteiger partial charge in [0.15, 0.2) is 11.5 Å². The van der Waals surface area contributed by atoms with E-state index in [9.17, 15) is 0 Å². The lowest BCUT2D eigenvalue weighted by molar-refractivity contribution is 0.404. The number of H-pyrrole nitrogens is 1. The second-order valence-electron chi connectivity index (χ2n) is 6.19. The van der Waals surface area contributed by atoms with Gasteiger partial charge in [-0.3, -0.25) is 5.10 Å². The first kappa shape index (κ1) is 14.4. The van der Waals surface area contributed by atoms with Gasteiger partial charge in [0, 0.05) is 11.5 Å². The Hall–Kier alpha value is -2.50. The molecule has 0 fully saturated rings. The third-order valence-electron chi connectivity index (χ3n) is 3.60. The lowest BCUT2D eigenvalue weighted by atomic mass is 9.93. The van der Waals surface area contributed by atoms with E-state index in [1.165, 1.54) is 0 Å². The zero-order valence-corrected chi connectivity index (χ0v) is 13.5. The Morgan fingerprint density at radius 2 is 1.86 bits per heavy atom. The second-order valence-corrected chi connectivity index (χ2v) is 6.19. The number of hydrogen-bond donors (Lipinski definition) is 1. The van der Waals surface area contributed by atoms with E-state index in [4.69, 9.17) is 9.47 Å². The minimum absolute atomic E-state index is 0.0252. The van der Waals surface area contributed by atoms with Crippen molar-refractivity contribution in [1.29, 1.82) is 0 Å². The molecule has 0 saturated carbocycles. The molecule has 2 aromatic heterocycles. The number of rotatable bonds is 3. The Balaban J connectivity index is 2.20. The highest BCUT2D eigenvalue weighted by Gasteiger charge is 2.21. The molecule has 1 N–H and O–H groups in total. The summed E-state index contributed by atoms with van der Waals surface area (Å²) in [6.45, 7) is 6.40. The molecule has 6 heteroatoms. The number of fused-ring (bicyclic) bond motifs is 1. The van der Waals surface area contributed by atoms with Gasteiger partial charge in [0.25, 0.3) is 0 Å². The Morgan fingerprint density at radius 1 is 1.09 bits per heavy atom. The number of methoxy groups -OCH3 is 2. The summed E-state index contributed by atoms with van der Waals surface area (Å²) in [5, 5.41) is 12.1. The Bertz CT molecular complexity index is 811. The predicted molar refractivity (Wildman–Crippen MR) is 84.6 cm³/mol. The molecule has 116 valence electrons. The largest absolute Gasteiger partial charge is 0.497 e. The molecule has 0 atom stereocenters. The summed E-state index contributed by atoms with van der Waals surface area (Å²) in [4.78, 5) is 0. The van der Waals surface area contributed by atoms with E-state index in [0.29, 0.717) is 5.82 Å². The van der Waals surface area contributed by atoms with Crippen molar-refractivity contribution in [2.45, 2.75) is 26.2 Å². The topological polar surface area (TPSA) is 64.4 Å². The average molecular weight is 300 g/mol. The smallest absolute Gasteiger partial charge is 0.186 e. The van der Waals surface area contributed by atoms with E-state index in [1.54, 1.807) is 18.7 Å². The van der Waals surface area contributed by atoms with Crippen molar-refractivity contribution < 1.29 is 9.47 Å². The van der Waals surface area contributed by atoms with Crippen LogP contribution in [-0.4, -0.2) is 34.0 Å². The van der Waals surface area contributed by atoms with Crippen LogP contribution >= 0.6 is 0 Å². The number of hydrogen-bond acceptors (Lipinski definition) is 4. The normalized spacial score (nSPS) is 11.9. The highest BCUT2D eigenvalue weighted by atomic mass is 16.5. The third-order valence-corrected chi connectivity index (χ3v) is 3.60. The van der Waals surface area contributed by atoms with Gasteiger partial charge in [-0.2, -0.15) is 14.7 Å². The molecule has 2 heterocycles. The molecule has 0 amide bonds. The molecule has 0 radical (unpaired) electrons. The van der Waals surface area contributed by atoms with Gasteiger partial charge in [0.2, 0.25) is 0 Å². The SMILES string of the molecule is COc1ccc(OC)c(-c2n[nH]c3cc(C(C)(C)C)nn23)c1. The van der Waals surface area contributed by atoms with Crippen LogP contribution in [-0.2, 0) is 5.41 Å². The van der Waals surface area contributed by atoms with E-state index in [-0.39, 0.29) is 5.41 Å². The van der Waals surface area contributed by atoms with Gasteiger partial charge >= 0.3 is 0 Å². The second kappa shape index (κ2) is 5.05. The lowest BCUT2D eigenvalue weighted by Gasteiger charge is -2.14. The van der Waals surface area contributed by atoms with Gasteiger partial charge in [-0.05, 0) is 18.2 Å². The standard InChI is InChI=1S/C16H20N4O2/c1-16(2,3)13-9-14-17-18-15(20(14)19-13)11-8-10(21-4)6-7-12(11)22-5/h6-9,17H,1-5H3. The summed E-state index contributed by atoms with van der Waals surface area (Å²) in [6, 6.07) is 7.63. The van der Waals surface area contributed by atoms with Crippen molar-refractivity contribution in [2.24, 2.45) is 0 Å². The fourth-order valence-electron chi connectivity index (χ4n) is 2.31. The molecule has 0 unspecified atom stereocenters. The number of ether oxygens (including phenoxy) is 2. The minimum Gasteiger partial charge on any atom is -0.497 e. The molecular weight excluding hydrogens is 280 g/mol.